The predicted octanol–water partition coefficient (Wildman–Crippen LogP) is 7.00. The lowest BCUT2D eigenvalue weighted by Crippen LogP contribution is -2.21. The summed E-state index contributed by atoms with van der Waals surface area (Å²) >= 11 is 8.19. The van der Waals surface area contributed by atoms with Gasteiger partial charge in [-0.05, 0) is 67.1 Å². The van der Waals surface area contributed by atoms with E-state index in [1.54, 1.807) is 29.5 Å². The van der Waals surface area contributed by atoms with E-state index in [1.165, 1.54) is 11.8 Å². The summed E-state index contributed by atoms with van der Waals surface area (Å²) in [6, 6.07) is 31.4. The Morgan fingerprint density at radius 2 is 1.63 bits per heavy atom. The number of hydrogen-bond donors (Lipinski definition) is 0. The molecule has 2 heterocycles. The van der Waals surface area contributed by atoms with Gasteiger partial charge in [0.15, 0.2) is 9.84 Å². The van der Waals surface area contributed by atoms with Gasteiger partial charge in [-0.3, -0.25) is 0 Å². The molecule has 0 aliphatic heterocycles. The summed E-state index contributed by atoms with van der Waals surface area (Å²) in [6.07, 6.45) is 2.20. The summed E-state index contributed by atoms with van der Waals surface area (Å²) in [5, 5.41) is 5.58. The molecular formula is C30H28ClN3O2S2. The van der Waals surface area contributed by atoms with Crippen molar-refractivity contribution in [2.75, 3.05) is 19.8 Å². The maximum absolute atomic E-state index is 12.1. The molecule has 0 radical (unpaired) electrons. The molecule has 0 saturated carbocycles. The average molecular weight is 562 g/mol. The molecule has 5 rings (SSSR count). The molecule has 0 bridgehead atoms. The minimum atomic E-state index is -3.29. The first-order valence-electron chi connectivity index (χ1n) is 12.2. The van der Waals surface area contributed by atoms with Crippen LogP contribution >= 0.6 is 22.9 Å². The summed E-state index contributed by atoms with van der Waals surface area (Å²) in [5.74, 6) is 0. The van der Waals surface area contributed by atoms with E-state index in [9.17, 15) is 8.42 Å². The summed E-state index contributed by atoms with van der Waals surface area (Å²) < 4.78 is 26.0. The van der Waals surface area contributed by atoms with E-state index in [0.717, 1.165) is 45.4 Å². The van der Waals surface area contributed by atoms with Gasteiger partial charge >= 0.3 is 0 Å². The number of nitrogens with zero attached hydrogens (tertiary/aromatic N) is 3. The fourth-order valence-corrected chi connectivity index (χ4v) is 6.21. The molecule has 3 aromatic carbocycles. The van der Waals surface area contributed by atoms with Crippen LogP contribution in [0.3, 0.4) is 0 Å². The fraction of sp³-hybridized carbons (Fsp3) is 0.167. The largest absolute Gasteiger partial charge is 0.300 e. The molecule has 0 amide bonds. The SMILES string of the molecule is CN(CCc1ccccc1)Cc1cc(-c2ccc(-c3cccc(S(C)(=O)=O)c3)s2)n(-c2ccccc2Cl)n1. The Hall–Kier alpha value is -3.23. The Balaban J connectivity index is 1.46. The van der Waals surface area contributed by atoms with Crippen molar-refractivity contribution in [3.8, 4) is 26.7 Å². The van der Waals surface area contributed by atoms with Crippen LogP contribution in [0.5, 0.6) is 0 Å². The monoisotopic (exact) mass is 561 g/mol. The standard InChI is InChI=1S/C30H28ClN3O2S2/c1-33(18-17-22-9-4-3-5-10-22)21-24-20-28(34(32-24)27-14-7-6-13-26(27)31)30-16-15-29(37-30)23-11-8-12-25(19-23)38(2,35)36/h3-16,19-20H,17-18,21H2,1-2H3. The van der Waals surface area contributed by atoms with Gasteiger partial charge in [0.2, 0.25) is 0 Å². The van der Waals surface area contributed by atoms with E-state index in [2.05, 4.69) is 48.3 Å². The number of thiophene rings is 1. The number of para-hydroxylation sites is 1. The molecule has 8 heteroatoms. The topological polar surface area (TPSA) is 55.2 Å². The zero-order chi connectivity index (χ0) is 26.7. The van der Waals surface area contributed by atoms with Crippen LogP contribution in [0.2, 0.25) is 5.02 Å². The van der Waals surface area contributed by atoms with Gasteiger partial charge in [-0.25, -0.2) is 13.1 Å². The number of halogens is 1. The summed E-state index contributed by atoms with van der Waals surface area (Å²) in [5.41, 5.74) is 4.89. The third kappa shape index (κ3) is 6.08. The molecule has 5 nitrogen and oxygen atoms in total. The minimum absolute atomic E-state index is 0.312. The molecule has 0 aliphatic rings. The average Bonchev–Trinajstić information content (AvgIpc) is 3.56. The first-order chi connectivity index (χ1) is 18.3. The van der Waals surface area contributed by atoms with Crippen LogP contribution in [0.25, 0.3) is 26.7 Å². The summed E-state index contributed by atoms with van der Waals surface area (Å²) in [7, 11) is -1.18. The maximum atomic E-state index is 12.1. The minimum Gasteiger partial charge on any atom is -0.300 e. The highest BCUT2D eigenvalue weighted by molar-refractivity contribution is 7.90. The van der Waals surface area contributed by atoms with E-state index in [0.29, 0.717) is 16.5 Å². The summed E-state index contributed by atoms with van der Waals surface area (Å²) in [6.45, 7) is 1.62. The number of likely N-dealkylation sites (N-methyl/N-ethyl adjacent to an activating group) is 1. The van der Waals surface area contributed by atoms with Gasteiger partial charge in [0.1, 0.15) is 0 Å². The molecule has 0 unspecified atom stereocenters. The normalized spacial score (nSPS) is 11.8. The highest BCUT2D eigenvalue weighted by Crippen LogP contribution is 2.37. The highest BCUT2D eigenvalue weighted by atomic mass is 35.5. The Bertz CT molecular complexity index is 1660. The van der Waals surface area contributed by atoms with Gasteiger partial charge in [-0.15, -0.1) is 11.3 Å². The van der Waals surface area contributed by atoms with E-state index in [-0.39, 0.29) is 0 Å². The third-order valence-corrected chi connectivity index (χ3v) is 8.89. The Morgan fingerprint density at radius 1 is 0.895 bits per heavy atom. The molecule has 0 fully saturated rings. The van der Waals surface area contributed by atoms with Gasteiger partial charge in [0.25, 0.3) is 0 Å². The lowest BCUT2D eigenvalue weighted by molar-refractivity contribution is 0.326. The molecule has 2 aromatic heterocycles. The van der Waals surface area contributed by atoms with Crippen molar-refractivity contribution >= 4 is 32.8 Å². The van der Waals surface area contributed by atoms with Crippen LogP contribution in [-0.2, 0) is 22.8 Å². The molecule has 0 aliphatic carbocycles. The molecule has 0 N–H and O–H groups in total. The molecule has 0 spiro atoms. The number of hydrogen-bond acceptors (Lipinski definition) is 5. The number of benzene rings is 3. The van der Waals surface area contributed by atoms with Gasteiger partial charge in [-0.2, -0.15) is 5.10 Å². The Morgan fingerprint density at radius 3 is 2.39 bits per heavy atom. The summed E-state index contributed by atoms with van der Waals surface area (Å²) in [4.78, 5) is 4.59. The Labute approximate surface area is 232 Å². The molecular weight excluding hydrogens is 534 g/mol. The molecule has 0 atom stereocenters. The predicted molar refractivity (Wildman–Crippen MR) is 157 cm³/mol. The fourth-order valence-electron chi connectivity index (χ4n) is 4.32. The van der Waals surface area contributed by atoms with Crippen molar-refractivity contribution < 1.29 is 8.42 Å². The Kier molecular flexibility index (Phi) is 7.81. The van der Waals surface area contributed by atoms with Crippen LogP contribution in [0.4, 0.5) is 0 Å². The van der Waals surface area contributed by atoms with Gasteiger partial charge in [-0.1, -0.05) is 66.2 Å². The van der Waals surface area contributed by atoms with Crippen LogP contribution in [0.15, 0.2) is 102 Å². The van der Waals surface area contributed by atoms with Crippen molar-refractivity contribution in [2.24, 2.45) is 0 Å². The lowest BCUT2D eigenvalue weighted by atomic mass is 10.1. The van der Waals surface area contributed by atoms with Crippen LogP contribution < -0.4 is 0 Å². The molecule has 38 heavy (non-hydrogen) atoms. The molecule has 194 valence electrons. The number of sulfone groups is 1. The quantitative estimate of drug-likeness (QED) is 0.194. The van der Waals surface area contributed by atoms with Crippen LogP contribution in [-0.4, -0.2) is 42.9 Å². The second kappa shape index (κ2) is 11.3. The van der Waals surface area contributed by atoms with E-state index in [1.807, 2.05) is 47.1 Å². The van der Waals surface area contributed by atoms with Gasteiger partial charge in [0, 0.05) is 24.2 Å². The van der Waals surface area contributed by atoms with Crippen molar-refractivity contribution in [3.05, 3.63) is 113 Å². The van der Waals surface area contributed by atoms with E-state index in [4.69, 9.17) is 16.7 Å². The van der Waals surface area contributed by atoms with Crippen molar-refractivity contribution in [1.82, 2.24) is 14.7 Å². The van der Waals surface area contributed by atoms with Gasteiger partial charge in [0.05, 0.1) is 31.9 Å². The number of aromatic nitrogens is 2. The number of rotatable bonds is 9. The van der Waals surface area contributed by atoms with Crippen LogP contribution in [0, 0.1) is 0 Å². The van der Waals surface area contributed by atoms with E-state index >= 15 is 0 Å². The molecule has 5 aromatic rings. The van der Waals surface area contributed by atoms with E-state index < -0.39 is 9.84 Å². The first kappa shape index (κ1) is 26.4. The first-order valence-corrected chi connectivity index (χ1v) is 15.3. The smallest absolute Gasteiger partial charge is 0.175 e. The van der Waals surface area contributed by atoms with Crippen molar-refractivity contribution in [2.45, 2.75) is 17.9 Å². The maximum Gasteiger partial charge on any atom is 0.175 e. The van der Waals surface area contributed by atoms with Gasteiger partial charge < -0.3 is 4.90 Å². The zero-order valence-corrected chi connectivity index (χ0v) is 23.6. The highest BCUT2D eigenvalue weighted by Gasteiger charge is 2.17. The van der Waals surface area contributed by atoms with Crippen molar-refractivity contribution in [3.63, 3.8) is 0 Å². The second-order valence-corrected chi connectivity index (χ2v) is 12.8. The molecule has 0 saturated heterocycles. The third-order valence-electron chi connectivity index (χ3n) is 6.30. The van der Waals surface area contributed by atoms with Crippen LogP contribution in [0.1, 0.15) is 11.3 Å². The zero-order valence-electron chi connectivity index (χ0n) is 21.2. The lowest BCUT2D eigenvalue weighted by Gasteiger charge is -2.15. The second-order valence-electron chi connectivity index (χ2n) is 9.32. The van der Waals surface area contributed by atoms with Crippen molar-refractivity contribution in [1.29, 1.82) is 0 Å².